The van der Waals surface area contributed by atoms with Gasteiger partial charge in [-0.25, -0.2) is 0 Å². The second-order valence-corrected chi connectivity index (χ2v) is 35.1. The fraction of sp³-hybridized carbons (Fsp3) is 0.0310. The zero-order chi connectivity index (χ0) is 88.4. The molecule has 0 bridgehead atoms. The van der Waals surface area contributed by atoms with Crippen LogP contribution in [0.25, 0.3) is 220 Å². The number of hydrogen-bond acceptors (Lipinski definition) is 1. The maximum absolute atomic E-state index is 4.53. The second kappa shape index (κ2) is 36.7. The summed E-state index contributed by atoms with van der Waals surface area (Å²) in [7, 11) is 0. The summed E-state index contributed by atoms with van der Waals surface area (Å²) in [5.74, 6) is 0. The summed E-state index contributed by atoms with van der Waals surface area (Å²) in [4.78, 5) is 4.53. The molecule has 0 aliphatic heterocycles. The first-order valence-corrected chi connectivity index (χ1v) is 45.5. The molecule has 0 aliphatic rings. The molecule has 0 atom stereocenters. The van der Waals surface area contributed by atoms with E-state index in [1.54, 1.807) is 0 Å². The summed E-state index contributed by atoms with van der Waals surface area (Å²) in [5.41, 5.74) is 30.2. The van der Waals surface area contributed by atoms with Crippen LogP contribution in [0.5, 0.6) is 0 Å². The molecule has 0 saturated heterocycles. The van der Waals surface area contributed by atoms with Gasteiger partial charge in [-0.3, -0.25) is 0 Å². The molecule has 25 rings (SSSR count). The van der Waals surface area contributed by atoms with Crippen LogP contribution in [0, 0.1) is 6.07 Å². The Labute approximate surface area is 789 Å². The predicted molar refractivity (Wildman–Crippen MR) is 564 cm³/mol. The second-order valence-electron chi connectivity index (χ2n) is 35.1. The first-order chi connectivity index (χ1) is 65.1. The van der Waals surface area contributed by atoms with Gasteiger partial charge in [0.15, 0.2) is 0 Å². The summed E-state index contributed by atoms with van der Waals surface area (Å²) in [6.07, 6.45) is 1.89. The largest absolute Gasteiger partial charge is 0.309 e. The van der Waals surface area contributed by atoms with Gasteiger partial charge >= 0.3 is 0 Å². The number of pyridine rings is 1. The Bertz CT molecular complexity index is 8240. The van der Waals surface area contributed by atoms with Crippen LogP contribution in [0.1, 0.15) is 26.3 Å². The summed E-state index contributed by atoms with van der Waals surface area (Å²) in [6, 6.07) is 182. The minimum absolute atomic E-state index is 0. The molecule has 0 spiro atoms. The van der Waals surface area contributed by atoms with E-state index >= 15 is 0 Å². The van der Waals surface area contributed by atoms with E-state index in [2.05, 4.69) is 526 Å². The van der Waals surface area contributed by atoms with Crippen molar-refractivity contribution < 1.29 is 20.1 Å². The fourth-order valence-corrected chi connectivity index (χ4v) is 19.5. The quantitative estimate of drug-likeness (QED) is 0.0935. The van der Waals surface area contributed by atoms with Crippen LogP contribution in [-0.2, 0) is 25.5 Å². The standard InChI is InChI=1S/C36H24N2.2C36H24.C21H20N.Ir/c1-2-12-25(13-3-1)26-22-27(37-33-18-8-4-14-29(33)30-15-5-9-19-34(30)37)24-28(23-26)38-35-20-10-6-16-31(35)32-17-7-11-21-36(32)38;1-3-11-25(12-4-1)28-21-29(26-13-5-2-6-14-26)23-30(22-28)27-19-20-35-33-17-8-7-15-31(33)32-16-9-10-18-34(32)36(35)24-27;1-2-10-25(11-3-1)26-12-8-13-27(22-26)28-14-9-15-29(23-28)30-20-21-35-33-18-5-4-16-31(33)32-17-6-7-19-34(32)36(35)24-30;1-21(2,3)19-12-13-22-20(15-19)18-11-7-10-17(14-18)16-8-5-4-6-9-16;/h1-24H;2*1-24H;4-10,12-15H,1-3H3;/q;;;-1;. The van der Waals surface area contributed by atoms with Crippen molar-refractivity contribution >= 4 is 108 Å². The molecule has 4 heteroatoms. The van der Waals surface area contributed by atoms with E-state index < -0.39 is 0 Å². The molecule has 633 valence electrons. The van der Waals surface area contributed by atoms with Crippen LogP contribution in [0.3, 0.4) is 0 Å². The minimum atomic E-state index is 0. The number of fused-ring (bicyclic) bond motifs is 18. The Balaban J connectivity index is 0.000000108. The summed E-state index contributed by atoms with van der Waals surface area (Å²) >= 11 is 0. The number of aromatic nitrogens is 3. The molecular weight excluding hydrogens is 1780 g/mol. The van der Waals surface area contributed by atoms with Crippen LogP contribution in [-0.4, -0.2) is 14.1 Å². The third-order valence-electron chi connectivity index (χ3n) is 26.0. The van der Waals surface area contributed by atoms with E-state index in [0.29, 0.717) is 0 Å². The van der Waals surface area contributed by atoms with Gasteiger partial charge in [0.2, 0.25) is 0 Å². The van der Waals surface area contributed by atoms with E-state index in [-0.39, 0.29) is 25.5 Å². The molecule has 0 fully saturated rings. The molecule has 1 radical (unpaired) electrons. The Kier molecular flexibility index (Phi) is 23.1. The molecule has 25 aromatic rings. The fourth-order valence-electron chi connectivity index (χ4n) is 19.5. The Morgan fingerprint density at radius 2 is 0.436 bits per heavy atom. The molecule has 0 unspecified atom stereocenters. The molecule has 0 aliphatic carbocycles. The van der Waals surface area contributed by atoms with Crippen molar-refractivity contribution in [2.75, 3.05) is 0 Å². The van der Waals surface area contributed by atoms with Crippen LogP contribution >= 0.6 is 0 Å². The van der Waals surface area contributed by atoms with Gasteiger partial charge in [-0.2, -0.15) is 0 Å². The first-order valence-electron chi connectivity index (χ1n) is 45.5. The monoisotopic (exact) mass is 1880 g/mol. The van der Waals surface area contributed by atoms with Gasteiger partial charge in [-0.05, 0) is 256 Å². The molecule has 0 saturated carbocycles. The summed E-state index contributed by atoms with van der Waals surface area (Å²) in [6.45, 7) is 6.66. The van der Waals surface area contributed by atoms with E-state index in [1.807, 2.05) is 18.3 Å². The van der Waals surface area contributed by atoms with Crippen molar-refractivity contribution in [2.24, 2.45) is 0 Å². The molecular formula is C129H92IrN3-. The van der Waals surface area contributed by atoms with Crippen LogP contribution in [0.15, 0.2) is 504 Å². The van der Waals surface area contributed by atoms with Gasteiger partial charge in [0, 0.05) is 59.2 Å². The van der Waals surface area contributed by atoms with Crippen LogP contribution < -0.4 is 0 Å². The van der Waals surface area contributed by atoms with E-state index in [9.17, 15) is 0 Å². The first kappa shape index (κ1) is 83.7. The van der Waals surface area contributed by atoms with Gasteiger partial charge in [0.05, 0.1) is 22.1 Å². The average Bonchev–Trinajstić information content (AvgIpc) is 1.70. The zero-order valence-corrected chi connectivity index (χ0v) is 76.5. The molecule has 3 nitrogen and oxygen atoms in total. The van der Waals surface area contributed by atoms with Gasteiger partial charge in [-0.15, -0.1) is 35.4 Å². The van der Waals surface area contributed by atoms with Crippen molar-refractivity contribution in [1.82, 2.24) is 14.1 Å². The number of hydrogen-bond donors (Lipinski definition) is 0. The third-order valence-corrected chi connectivity index (χ3v) is 26.0. The van der Waals surface area contributed by atoms with Crippen molar-refractivity contribution in [3.8, 4) is 112 Å². The van der Waals surface area contributed by atoms with Gasteiger partial charge in [0.1, 0.15) is 0 Å². The van der Waals surface area contributed by atoms with Gasteiger partial charge in [0.25, 0.3) is 0 Å². The molecule has 3 heterocycles. The average molecular weight is 1880 g/mol. The van der Waals surface area contributed by atoms with Crippen molar-refractivity contribution in [1.29, 1.82) is 0 Å². The maximum Gasteiger partial charge on any atom is 0.0541 e. The predicted octanol–water partition coefficient (Wildman–Crippen LogP) is 35.4. The maximum atomic E-state index is 4.53. The van der Waals surface area contributed by atoms with E-state index in [0.717, 1.165) is 22.6 Å². The van der Waals surface area contributed by atoms with Gasteiger partial charge in [-0.1, -0.05) is 409 Å². The number of benzene rings is 22. The van der Waals surface area contributed by atoms with Crippen molar-refractivity contribution in [3.63, 3.8) is 0 Å². The zero-order valence-electron chi connectivity index (χ0n) is 74.1. The third kappa shape index (κ3) is 16.7. The molecule has 133 heavy (non-hydrogen) atoms. The summed E-state index contributed by atoms with van der Waals surface area (Å²) in [5, 5.41) is 20.8. The Morgan fingerprint density at radius 1 is 0.188 bits per heavy atom. The minimum Gasteiger partial charge on any atom is -0.309 e. The van der Waals surface area contributed by atoms with Gasteiger partial charge < -0.3 is 14.1 Å². The molecule has 3 aromatic heterocycles. The molecule has 0 amide bonds. The van der Waals surface area contributed by atoms with Crippen molar-refractivity contribution in [2.45, 2.75) is 26.2 Å². The Hall–Kier alpha value is -16.2. The SMILES string of the molecule is CC(C)(C)c1ccnc(-c2[c-]ccc(-c3ccccc3)c2)c1.[Ir].c1ccc(-c2cc(-c3ccccc3)cc(-c3ccc4c5ccccc5c5ccccc5c4c3)c2)cc1.c1ccc(-c2cc(-n3c4ccccc4c4ccccc43)cc(-n3c4ccccc4c4ccccc43)c2)cc1.c1ccc(-c2cccc(-c3cccc(-c4ccc5c6ccccc6c6ccccc6c5c4)c3)c2)cc1. The Morgan fingerprint density at radius 3 is 0.782 bits per heavy atom. The topological polar surface area (TPSA) is 22.8 Å². The smallest absolute Gasteiger partial charge is 0.0541 e. The van der Waals surface area contributed by atoms with Crippen LogP contribution in [0.2, 0.25) is 0 Å². The normalized spacial score (nSPS) is 11.4. The number of rotatable bonds is 11. The van der Waals surface area contributed by atoms with Crippen LogP contribution in [0.4, 0.5) is 0 Å². The van der Waals surface area contributed by atoms with Crippen molar-refractivity contribution in [3.05, 3.63) is 515 Å². The van der Waals surface area contributed by atoms with E-state index in [1.165, 1.54) is 203 Å². The van der Waals surface area contributed by atoms with E-state index in [4.69, 9.17) is 0 Å². The molecule has 22 aromatic carbocycles. The number of para-hydroxylation sites is 4. The molecule has 0 N–H and O–H groups in total. The number of nitrogens with zero attached hydrogens (tertiary/aromatic N) is 3. The summed E-state index contributed by atoms with van der Waals surface area (Å²) < 4.78 is 4.82.